The summed E-state index contributed by atoms with van der Waals surface area (Å²) in [6.07, 6.45) is 0.0921. The van der Waals surface area contributed by atoms with Crippen molar-refractivity contribution in [3.63, 3.8) is 0 Å². The summed E-state index contributed by atoms with van der Waals surface area (Å²) in [7, 11) is 0. The van der Waals surface area contributed by atoms with E-state index in [1.807, 2.05) is 0 Å². The van der Waals surface area contributed by atoms with E-state index in [0.717, 1.165) is 12.1 Å². The van der Waals surface area contributed by atoms with Gasteiger partial charge in [0.05, 0.1) is 13.0 Å². The van der Waals surface area contributed by atoms with Crippen LogP contribution in [0.15, 0.2) is 27.5 Å². The van der Waals surface area contributed by atoms with E-state index in [-0.39, 0.29) is 60.1 Å². The van der Waals surface area contributed by atoms with Crippen molar-refractivity contribution in [3.05, 3.63) is 50.2 Å². The number of nitrogens with zero attached hydrogens (tertiary/aromatic N) is 2. The molecule has 10 heteroatoms. The Balaban J connectivity index is 2.24. The molecule has 2 rings (SSSR count). The molecule has 0 saturated carbocycles. The molecule has 158 valence electrons. The Hall–Kier alpha value is -2.49. The van der Waals surface area contributed by atoms with Gasteiger partial charge in [-0.15, -0.1) is 0 Å². The van der Waals surface area contributed by atoms with E-state index in [1.165, 1.54) is 10.6 Å². The topological polar surface area (TPSA) is 82.5 Å². The number of carbonyl (C=O) groups excluding carboxylic acids is 1. The van der Waals surface area contributed by atoms with Gasteiger partial charge in [-0.25, -0.2) is 8.78 Å². The molecule has 0 aliphatic rings. The second-order valence-electron chi connectivity index (χ2n) is 6.33. The third kappa shape index (κ3) is 5.99. The second-order valence-corrected chi connectivity index (χ2v) is 7.12. The first-order chi connectivity index (χ1) is 13.7. The van der Waals surface area contributed by atoms with Crippen LogP contribution in [0, 0.1) is 11.6 Å². The maximum Gasteiger partial charge on any atom is 0.307 e. The second kappa shape index (κ2) is 10.3. The number of benzene rings is 1. The molecule has 0 radical (unpaired) electrons. The SMILES string of the molecule is CCOC(=O)CCNc1nc(OCc2ccc(F)cc2F)c(Br)c(=O)n1C(C)C. The Morgan fingerprint density at radius 1 is 1.34 bits per heavy atom. The molecular formula is C19H22BrF2N3O4. The van der Waals surface area contributed by atoms with Crippen molar-refractivity contribution in [2.24, 2.45) is 0 Å². The molecule has 0 bridgehead atoms. The number of hydrogen-bond donors (Lipinski definition) is 1. The summed E-state index contributed by atoms with van der Waals surface area (Å²) in [5, 5.41) is 2.94. The van der Waals surface area contributed by atoms with Crippen molar-refractivity contribution in [3.8, 4) is 5.88 Å². The predicted octanol–water partition coefficient (Wildman–Crippen LogP) is 3.81. The molecule has 1 aromatic carbocycles. The van der Waals surface area contributed by atoms with Crippen LogP contribution in [0.1, 0.15) is 38.8 Å². The molecule has 0 spiro atoms. The van der Waals surface area contributed by atoms with Gasteiger partial charge >= 0.3 is 5.97 Å². The molecule has 1 N–H and O–H groups in total. The molecule has 0 aliphatic heterocycles. The number of nitrogens with one attached hydrogen (secondary N) is 1. The Kier molecular flexibility index (Phi) is 8.12. The molecule has 0 aliphatic carbocycles. The third-order valence-electron chi connectivity index (χ3n) is 3.84. The van der Waals surface area contributed by atoms with Crippen LogP contribution in [-0.4, -0.2) is 28.7 Å². The molecule has 2 aromatic rings. The van der Waals surface area contributed by atoms with Gasteiger partial charge in [0.1, 0.15) is 22.7 Å². The van der Waals surface area contributed by atoms with Crippen LogP contribution < -0.4 is 15.6 Å². The van der Waals surface area contributed by atoms with Crippen molar-refractivity contribution in [2.75, 3.05) is 18.5 Å². The Morgan fingerprint density at radius 2 is 2.07 bits per heavy atom. The number of carbonyl (C=O) groups is 1. The predicted molar refractivity (Wildman–Crippen MR) is 107 cm³/mol. The average molecular weight is 474 g/mol. The maximum absolute atomic E-state index is 13.8. The van der Waals surface area contributed by atoms with Gasteiger partial charge in [0.2, 0.25) is 11.8 Å². The van der Waals surface area contributed by atoms with Crippen LogP contribution in [-0.2, 0) is 16.1 Å². The fraction of sp³-hybridized carbons (Fsp3) is 0.421. The zero-order valence-electron chi connectivity index (χ0n) is 16.3. The monoisotopic (exact) mass is 473 g/mol. The van der Waals surface area contributed by atoms with Gasteiger partial charge in [-0.05, 0) is 48.8 Å². The Morgan fingerprint density at radius 3 is 2.69 bits per heavy atom. The van der Waals surface area contributed by atoms with Crippen LogP contribution in [0.4, 0.5) is 14.7 Å². The van der Waals surface area contributed by atoms with Gasteiger partial charge in [0.15, 0.2) is 0 Å². The lowest BCUT2D eigenvalue weighted by Gasteiger charge is -2.18. The van der Waals surface area contributed by atoms with Crippen molar-refractivity contribution >= 4 is 27.8 Å². The van der Waals surface area contributed by atoms with Crippen LogP contribution in [0.2, 0.25) is 0 Å². The summed E-state index contributed by atoms with van der Waals surface area (Å²) in [6.45, 7) is 5.56. The lowest BCUT2D eigenvalue weighted by molar-refractivity contribution is -0.142. The highest BCUT2D eigenvalue weighted by Gasteiger charge is 2.19. The van der Waals surface area contributed by atoms with Crippen LogP contribution in [0.3, 0.4) is 0 Å². The Bertz CT molecular complexity index is 934. The van der Waals surface area contributed by atoms with Crippen LogP contribution in [0.25, 0.3) is 0 Å². The quantitative estimate of drug-likeness (QED) is 0.557. The van der Waals surface area contributed by atoms with Gasteiger partial charge in [0.25, 0.3) is 5.56 Å². The van der Waals surface area contributed by atoms with E-state index in [0.29, 0.717) is 0 Å². The summed E-state index contributed by atoms with van der Waals surface area (Å²) in [5.74, 6) is -1.68. The number of aromatic nitrogens is 2. The van der Waals surface area contributed by atoms with E-state index < -0.39 is 17.2 Å². The van der Waals surface area contributed by atoms with Gasteiger partial charge in [-0.2, -0.15) is 4.98 Å². The van der Waals surface area contributed by atoms with Gasteiger partial charge < -0.3 is 14.8 Å². The highest BCUT2D eigenvalue weighted by atomic mass is 79.9. The zero-order valence-corrected chi connectivity index (χ0v) is 17.9. The standard InChI is InChI=1S/C19H22BrF2N3O4/c1-4-28-15(26)7-8-23-19-24-17(16(20)18(27)25(19)11(2)3)29-10-12-5-6-13(21)9-14(12)22/h5-6,9,11H,4,7-8,10H2,1-3H3,(H,23,24). The van der Waals surface area contributed by atoms with Crippen molar-refractivity contribution in [2.45, 2.75) is 39.8 Å². The molecule has 0 fully saturated rings. The summed E-state index contributed by atoms with van der Waals surface area (Å²) in [4.78, 5) is 28.5. The number of halogens is 3. The van der Waals surface area contributed by atoms with E-state index in [1.54, 1.807) is 20.8 Å². The molecule has 0 atom stereocenters. The number of esters is 1. The normalized spacial score (nSPS) is 10.9. The smallest absolute Gasteiger partial charge is 0.307 e. The fourth-order valence-electron chi connectivity index (χ4n) is 2.49. The van der Waals surface area contributed by atoms with Crippen molar-refractivity contribution < 1.29 is 23.0 Å². The van der Waals surface area contributed by atoms with E-state index in [9.17, 15) is 18.4 Å². The number of anilines is 1. The number of hydrogen-bond acceptors (Lipinski definition) is 6. The summed E-state index contributed by atoms with van der Waals surface area (Å²) in [6, 6.07) is 2.90. The van der Waals surface area contributed by atoms with Crippen molar-refractivity contribution in [1.29, 1.82) is 0 Å². The first-order valence-electron chi connectivity index (χ1n) is 9.02. The largest absolute Gasteiger partial charge is 0.472 e. The molecule has 1 aromatic heterocycles. The minimum atomic E-state index is -0.760. The molecule has 0 saturated heterocycles. The molecule has 1 heterocycles. The number of ether oxygens (including phenoxy) is 2. The van der Waals surface area contributed by atoms with E-state index >= 15 is 0 Å². The number of rotatable bonds is 9. The van der Waals surface area contributed by atoms with E-state index in [4.69, 9.17) is 9.47 Å². The minimum absolute atomic E-state index is 0.0470. The first kappa shape index (κ1) is 22.8. The van der Waals surface area contributed by atoms with Gasteiger partial charge in [-0.1, -0.05) is 0 Å². The Labute approximate surface area is 175 Å². The highest BCUT2D eigenvalue weighted by Crippen LogP contribution is 2.24. The summed E-state index contributed by atoms with van der Waals surface area (Å²) < 4.78 is 38.7. The molecule has 0 unspecified atom stereocenters. The highest BCUT2D eigenvalue weighted by molar-refractivity contribution is 9.10. The van der Waals surface area contributed by atoms with Crippen LogP contribution >= 0.6 is 15.9 Å². The van der Waals surface area contributed by atoms with Crippen LogP contribution in [0.5, 0.6) is 5.88 Å². The molecule has 29 heavy (non-hydrogen) atoms. The van der Waals surface area contributed by atoms with E-state index in [2.05, 4.69) is 26.2 Å². The lowest BCUT2D eigenvalue weighted by Crippen LogP contribution is -2.28. The summed E-state index contributed by atoms with van der Waals surface area (Å²) in [5.41, 5.74) is -0.284. The molecule has 0 amide bonds. The zero-order chi connectivity index (χ0) is 21.6. The van der Waals surface area contributed by atoms with Gasteiger partial charge in [0, 0.05) is 24.2 Å². The average Bonchev–Trinajstić information content (AvgIpc) is 2.64. The maximum atomic E-state index is 13.8. The lowest BCUT2D eigenvalue weighted by atomic mass is 10.2. The summed E-state index contributed by atoms with van der Waals surface area (Å²) >= 11 is 3.17. The fourth-order valence-corrected chi connectivity index (χ4v) is 2.88. The van der Waals surface area contributed by atoms with Crippen molar-refractivity contribution in [1.82, 2.24) is 9.55 Å². The minimum Gasteiger partial charge on any atom is -0.472 e. The molecular weight excluding hydrogens is 452 g/mol. The van der Waals surface area contributed by atoms with Gasteiger partial charge in [-0.3, -0.25) is 14.2 Å². The first-order valence-corrected chi connectivity index (χ1v) is 9.82. The molecule has 7 nitrogen and oxygen atoms in total. The third-order valence-corrected chi connectivity index (χ3v) is 4.52.